The summed E-state index contributed by atoms with van der Waals surface area (Å²) < 4.78 is 4.95. The van der Waals surface area contributed by atoms with E-state index in [1.807, 2.05) is 0 Å². The summed E-state index contributed by atoms with van der Waals surface area (Å²) in [5.41, 5.74) is 6.29. The Morgan fingerprint density at radius 2 is 2.30 bits per heavy atom. The summed E-state index contributed by atoms with van der Waals surface area (Å²) in [6, 6.07) is 4.98. The zero-order valence-electron chi connectivity index (χ0n) is 12.5. The zero-order valence-corrected chi connectivity index (χ0v) is 12.5. The molecule has 1 amide bonds. The first-order chi connectivity index (χ1) is 11.1. The number of methoxy groups -OCH3 is 1. The molecule has 2 rings (SSSR count). The van der Waals surface area contributed by atoms with Gasteiger partial charge in [0.05, 0.1) is 12.2 Å². The molecule has 0 saturated heterocycles. The van der Waals surface area contributed by atoms with Gasteiger partial charge in [0.1, 0.15) is 11.4 Å². The highest BCUT2D eigenvalue weighted by Crippen LogP contribution is 2.21. The summed E-state index contributed by atoms with van der Waals surface area (Å²) in [6.45, 7) is 0.927. The van der Waals surface area contributed by atoms with Crippen molar-refractivity contribution in [1.29, 1.82) is 0 Å². The molecule has 0 bridgehead atoms. The van der Waals surface area contributed by atoms with Gasteiger partial charge in [-0.3, -0.25) is 9.78 Å². The van der Waals surface area contributed by atoms with Gasteiger partial charge in [-0.1, -0.05) is 11.8 Å². The van der Waals surface area contributed by atoms with E-state index in [9.17, 15) is 9.90 Å². The van der Waals surface area contributed by atoms with E-state index in [0.717, 1.165) is 0 Å². The fourth-order valence-corrected chi connectivity index (χ4v) is 1.76. The number of hydrogen-bond donors (Lipinski definition) is 3. The van der Waals surface area contributed by atoms with Gasteiger partial charge in [-0.05, 0) is 18.2 Å². The molecular formula is C16H16N4O3. The predicted octanol–water partition coefficient (Wildman–Crippen LogP) is 0.739. The first-order valence-corrected chi connectivity index (χ1v) is 6.80. The maximum atomic E-state index is 11.3. The van der Waals surface area contributed by atoms with E-state index in [2.05, 4.69) is 27.1 Å². The minimum Gasteiger partial charge on any atom is -0.493 e. The number of amides is 1. The van der Waals surface area contributed by atoms with Crippen LogP contribution in [0.3, 0.4) is 0 Å². The molecule has 2 aromatic rings. The molecule has 4 N–H and O–H groups in total. The van der Waals surface area contributed by atoms with E-state index in [-0.39, 0.29) is 5.56 Å². The average Bonchev–Trinajstić information content (AvgIpc) is 2.55. The van der Waals surface area contributed by atoms with Crippen LogP contribution >= 0.6 is 0 Å². The summed E-state index contributed by atoms with van der Waals surface area (Å²) in [5.74, 6) is 4.96. The monoisotopic (exact) mass is 312 g/mol. The van der Waals surface area contributed by atoms with Crippen LogP contribution < -0.4 is 11.1 Å². The lowest BCUT2D eigenvalue weighted by atomic mass is 10.1. The Bertz CT molecular complexity index is 751. The molecule has 2 heterocycles. The van der Waals surface area contributed by atoms with E-state index < -0.39 is 11.8 Å². The molecule has 0 aliphatic rings. The first-order valence-electron chi connectivity index (χ1n) is 6.80. The smallest absolute Gasteiger partial charge is 0.254 e. The summed E-state index contributed by atoms with van der Waals surface area (Å²) in [5, 5.41) is 12.8. The van der Waals surface area contributed by atoms with Gasteiger partial charge in [0.25, 0.3) is 5.91 Å². The number of aromatic nitrogens is 2. The van der Waals surface area contributed by atoms with E-state index in [4.69, 9.17) is 10.5 Å². The Kier molecular flexibility index (Phi) is 5.50. The van der Waals surface area contributed by atoms with E-state index in [1.165, 1.54) is 6.07 Å². The number of nitrogens with one attached hydrogen (secondary N) is 1. The molecule has 0 radical (unpaired) electrons. The Balaban J connectivity index is 2.39. The summed E-state index contributed by atoms with van der Waals surface area (Å²) >= 11 is 0. The largest absolute Gasteiger partial charge is 0.493 e. The topological polar surface area (TPSA) is 110 Å². The van der Waals surface area contributed by atoms with E-state index in [0.29, 0.717) is 30.1 Å². The molecule has 0 aliphatic carbocycles. The van der Waals surface area contributed by atoms with Gasteiger partial charge in [-0.2, -0.15) is 4.98 Å². The van der Waals surface area contributed by atoms with Crippen LogP contribution in [0.4, 0.5) is 5.82 Å². The molecule has 2 aromatic heterocycles. The van der Waals surface area contributed by atoms with Crippen LogP contribution in [0.25, 0.3) is 0 Å². The number of ether oxygens (including phenoxy) is 1. The van der Waals surface area contributed by atoms with Gasteiger partial charge in [0.15, 0.2) is 0 Å². The van der Waals surface area contributed by atoms with Gasteiger partial charge in [-0.15, -0.1) is 0 Å². The Hall–Kier alpha value is -3.11. The van der Waals surface area contributed by atoms with Crippen molar-refractivity contribution in [2.24, 2.45) is 5.73 Å². The number of anilines is 1. The second kappa shape index (κ2) is 7.77. The van der Waals surface area contributed by atoms with Crippen LogP contribution in [-0.4, -0.2) is 41.2 Å². The van der Waals surface area contributed by atoms with E-state index >= 15 is 0 Å². The summed E-state index contributed by atoms with van der Waals surface area (Å²) in [4.78, 5) is 19.3. The molecule has 0 aromatic carbocycles. The highest BCUT2D eigenvalue weighted by molar-refractivity contribution is 5.95. The number of nitrogens with two attached hydrogens (primary N) is 1. The lowest BCUT2D eigenvalue weighted by Crippen LogP contribution is -2.15. The first kappa shape index (κ1) is 16.3. The minimum absolute atomic E-state index is 0.0854. The van der Waals surface area contributed by atoms with Crippen molar-refractivity contribution < 1.29 is 14.6 Å². The van der Waals surface area contributed by atoms with Crippen molar-refractivity contribution in [2.75, 3.05) is 25.6 Å². The quantitative estimate of drug-likeness (QED) is 0.555. The zero-order chi connectivity index (χ0) is 16.7. The van der Waals surface area contributed by atoms with E-state index in [1.54, 1.807) is 31.6 Å². The highest BCUT2D eigenvalue weighted by atomic mass is 16.5. The predicted molar refractivity (Wildman–Crippen MR) is 85.0 cm³/mol. The van der Waals surface area contributed by atoms with Gasteiger partial charge in [0, 0.05) is 31.6 Å². The molecule has 0 aliphatic heterocycles. The minimum atomic E-state index is -0.775. The molecule has 118 valence electrons. The lowest BCUT2D eigenvalue weighted by Gasteiger charge is -2.09. The number of carbonyl (C=O) groups excluding carboxylic acids is 1. The van der Waals surface area contributed by atoms with Crippen molar-refractivity contribution in [3.8, 4) is 17.7 Å². The van der Waals surface area contributed by atoms with Crippen LogP contribution in [0.1, 0.15) is 21.5 Å². The molecule has 7 heteroatoms. The van der Waals surface area contributed by atoms with Crippen LogP contribution in [0, 0.1) is 11.8 Å². The average molecular weight is 312 g/mol. The van der Waals surface area contributed by atoms with Gasteiger partial charge in [0.2, 0.25) is 5.88 Å². The number of pyridine rings is 2. The van der Waals surface area contributed by atoms with Gasteiger partial charge >= 0.3 is 0 Å². The third kappa shape index (κ3) is 4.43. The van der Waals surface area contributed by atoms with Crippen LogP contribution in [-0.2, 0) is 4.74 Å². The highest BCUT2D eigenvalue weighted by Gasteiger charge is 2.13. The number of nitrogens with zero attached hydrogens (tertiary/aromatic N) is 2. The SMILES string of the molecule is COCCNc1nc(O)c(C(N)=O)cc1C#Cc1cccnc1. The second-order valence-electron chi connectivity index (χ2n) is 4.53. The lowest BCUT2D eigenvalue weighted by molar-refractivity contribution is 0.0997. The van der Waals surface area contributed by atoms with Crippen molar-refractivity contribution >= 4 is 11.7 Å². The Labute approximate surface area is 133 Å². The molecule has 0 spiro atoms. The number of aromatic hydroxyl groups is 1. The molecule has 7 nitrogen and oxygen atoms in total. The van der Waals surface area contributed by atoms with Crippen LogP contribution in [0.15, 0.2) is 30.6 Å². The number of rotatable bonds is 5. The fraction of sp³-hybridized carbons (Fsp3) is 0.188. The Morgan fingerprint density at radius 3 is 2.96 bits per heavy atom. The normalized spacial score (nSPS) is 9.78. The number of carbonyl (C=O) groups is 1. The number of hydrogen-bond acceptors (Lipinski definition) is 6. The van der Waals surface area contributed by atoms with Crippen LogP contribution in [0.5, 0.6) is 5.88 Å². The van der Waals surface area contributed by atoms with Crippen molar-refractivity contribution in [2.45, 2.75) is 0 Å². The number of primary amides is 1. The van der Waals surface area contributed by atoms with Crippen molar-refractivity contribution in [3.05, 3.63) is 47.3 Å². The standard InChI is InChI=1S/C16H16N4O3/c1-23-8-7-19-15-12(5-4-11-3-2-6-18-10-11)9-13(14(17)21)16(22)20-15/h2-3,6,9-10H,7-8H2,1H3,(H2,17,21)(H2,19,20,22). The summed E-state index contributed by atoms with van der Waals surface area (Å²) in [6.07, 6.45) is 3.27. The third-order valence-corrected chi connectivity index (χ3v) is 2.87. The summed E-state index contributed by atoms with van der Waals surface area (Å²) in [7, 11) is 1.58. The maximum absolute atomic E-state index is 11.3. The molecule has 0 atom stereocenters. The molecule has 0 fully saturated rings. The maximum Gasteiger partial charge on any atom is 0.254 e. The Morgan fingerprint density at radius 1 is 1.48 bits per heavy atom. The second-order valence-corrected chi connectivity index (χ2v) is 4.53. The third-order valence-electron chi connectivity index (χ3n) is 2.87. The molecule has 0 saturated carbocycles. The molecule has 23 heavy (non-hydrogen) atoms. The van der Waals surface area contributed by atoms with Gasteiger partial charge in [-0.25, -0.2) is 0 Å². The van der Waals surface area contributed by atoms with Crippen LogP contribution in [0.2, 0.25) is 0 Å². The van der Waals surface area contributed by atoms with Gasteiger partial charge < -0.3 is 20.9 Å². The van der Waals surface area contributed by atoms with Crippen molar-refractivity contribution in [1.82, 2.24) is 9.97 Å². The van der Waals surface area contributed by atoms with Crippen molar-refractivity contribution in [3.63, 3.8) is 0 Å². The fourth-order valence-electron chi connectivity index (χ4n) is 1.76. The molecule has 0 unspecified atom stereocenters. The molecular weight excluding hydrogens is 296 g/mol.